The van der Waals surface area contributed by atoms with Crippen LogP contribution < -0.4 is 16.6 Å². The number of hydrogen-bond acceptors (Lipinski definition) is 4. The van der Waals surface area contributed by atoms with Gasteiger partial charge in [-0.25, -0.2) is 4.79 Å². The number of hydrogen-bond donors (Lipinski definition) is 1. The average molecular weight is 294 g/mol. The molecule has 118 valence electrons. The van der Waals surface area contributed by atoms with E-state index in [1.807, 2.05) is 0 Å². The molecule has 21 heavy (non-hydrogen) atoms. The van der Waals surface area contributed by atoms with Crippen LogP contribution >= 0.6 is 0 Å². The van der Waals surface area contributed by atoms with Gasteiger partial charge in [-0.3, -0.25) is 13.9 Å². The molecule has 6 nitrogen and oxygen atoms in total. The van der Waals surface area contributed by atoms with Crippen molar-refractivity contribution in [2.75, 3.05) is 19.6 Å². The van der Waals surface area contributed by atoms with E-state index in [0.29, 0.717) is 12.6 Å². The second-order valence-corrected chi connectivity index (χ2v) is 5.87. The van der Waals surface area contributed by atoms with Gasteiger partial charge in [0.1, 0.15) is 0 Å². The minimum atomic E-state index is -0.267. The Morgan fingerprint density at radius 2 is 1.86 bits per heavy atom. The monoisotopic (exact) mass is 294 g/mol. The van der Waals surface area contributed by atoms with Crippen molar-refractivity contribution in [1.29, 1.82) is 0 Å². The molecule has 0 radical (unpaired) electrons. The number of aromatic nitrogens is 2. The predicted octanol–water partition coefficient (Wildman–Crippen LogP) is 0.0480. The Bertz CT molecular complexity index is 582. The van der Waals surface area contributed by atoms with E-state index in [4.69, 9.17) is 0 Å². The third-order valence-electron chi connectivity index (χ3n) is 4.32. The molecule has 1 aliphatic heterocycles. The quantitative estimate of drug-likeness (QED) is 0.833. The van der Waals surface area contributed by atoms with Crippen LogP contribution in [0.4, 0.5) is 0 Å². The fourth-order valence-electron chi connectivity index (χ4n) is 2.87. The lowest BCUT2D eigenvalue weighted by Gasteiger charge is -2.32. The summed E-state index contributed by atoms with van der Waals surface area (Å²) in [7, 11) is 3.22. The maximum atomic E-state index is 11.9. The Labute approximate surface area is 125 Å². The molecule has 1 fully saturated rings. The first-order valence-electron chi connectivity index (χ1n) is 7.74. The van der Waals surface area contributed by atoms with Crippen molar-refractivity contribution >= 4 is 0 Å². The average Bonchev–Trinajstić information content (AvgIpc) is 2.49. The van der Waals surface area contributed by atoms with Gasteiger partial charge in [0.2, 0.25) is 0 Å². The molecular weight excluding hydrogens is 268 g/mol. The zero-order valence-electron chi connectivity index (χ0n) is 13.3. The van der Waals surface area contributed by atoms with Crippen LogP contribution in [0.25, 0.3) is 0 Å². The van der Waals surface area contributed by atoms with Crippen molar-refractivity contribution in [3.05, 3.63) is 32.6 Å². The topological polar surface area (TPSA) is 59.3 Å². The Morgan fingerprint density at radius 1 is 1.19 bits per heavy atom. The maximum absolute atomic E-state index is 11.9. The van der Waals surface area contributed by atoms with Gasteiger partial charge in [0, 0.05) is 38.4 Å². The molecule has 0 saturated carbocycles. The Morgan fingerprint density at radius 3 is 2.48 bits per heavy atom. The van der Waals surface area contributed by atoms with Gasteiger partial charge in [0.05, 0.1) is 0 Å². The highest BCUT2D eigenvalue weighted by atomic mass is 16.2. The molecule has 1 N–H and O–H groups in total. The van der Waals surface area contributed by atoms with Crippen LogP contribution in [0.15, 0.2) is 15.7 Å². The van der Waals surface area contributed by atoms with Gasteiger partial charge in [0.25, 0.3) is 5.56 Å². The number of nitrogens with zero attached hydrogens (tertiary/aromatic N) is 3. The first-order valence-corrected chi connectivity index (χ1v) is 7.74. The molecule has 2 rings (SSSR count). The summed E-state index contributed by atoms with van der Waals surface area (Å²) in [6.07, 6.45) is 3.45. The van der Waals surface area contributed by atoms with Crippen LogP contribution in [-0.4, -0.2) is 39.7 Å². The fraction of sp³-hybridized carbons (Fsp3) is 0.733. The molecule has 0 unspecified atom stereocenters. The highest BCUT2D eigenvalue weighted by Gasteiger charge is 2.18. The zero-order valence-corrected chi connectivity index (χ0v) is 13.3. The summed E-state index contributed by atoms with van der Waals surface area (Å²) >= 11 is 0. The first kappa shape index (κ1) is 16.0. The first-order chi connectivity index (χ1) is 10.0. The van der Waals surface area contributed by atoms with Gasteiger partial charge >= 0.3 is 5.69 Å². The lowest BCUT2D eigenvalue weighted by molar-refractivity contribution is 0.197. The summed E-state index contributed by atoms with van der Waals surface area (Å²) in [4.78, 5) is 26.1. The molecule has 6 heteroatoms. The summed E-state index contributed by atoms with van der Waals surface area (Å²) in [6, 6.07) is 2.01. The van der Waals surface area contributed by atoms with Gasteiger partial charge in [-0.05, 0) is 38.9 Å². The number of nitrogens with one attached hydrogen (secondary N) is 1. The Hall–Kier alpha value is -1.40. The van der Waals surface area contributed by atoms with Gasteiger partial charge in [-0.2, -0.15) is 0 Å². The number of piperidine rings is 1. The summed E-state index contributed by atoms with van der Waals surface area (Å²) in [5.41, 5.74) is 0.240. The van der Waals surface area contributed by atoms with Crippen LogP contribution in [0.3, 0.4) is 0 Å². The van der Waals surface area contributed by atoms with Crippen molar-refractivity contribution in [3.63, 3.8) is 0 Å². The van der Waals surface area contributed by atoms with E-state index in [1.165, 1.54) is 20.0 Å². The third kappa shape index (κ3) is 3.83. The van der Waals surface area contributed by atoms with Crippen molar-refractivity contribution in [3.8, 4) is 0 Å². The molecule has 1 aliphatic rings. The van der Waals surface area contributed by atoms with Crippen LogP contribution in [0.5, 0.6) is 0 Å². The minimum Gasteiger partial charge on any atom is -0.308 e. The van der Waals surface area contributed by atoms with E-state index < -0.39 is 0 Å². The van der Waals surface area contributed by atoms with Crippen LogP contribution in [-0.2, 0) is 20.6 Å². The lowest BCUT2D eigenvalue weighted by Crippen LogP contribution is -2.44. The Kier molecular flexibility index (Phi) is 5.36. The normalized spacial score (nSPS) is 17.3. The largest absolute Gasteiger partial charge is 0.330 e. The number of likely N-dealkylation sites (tertiary alicyclic amines) is 1. The van der Waals surface area contributed by atoms with E-state index in [9.17, 15) is 9.59 Å². The van der Waals surface area contributed by atoms with Crippen LogP contribution in [0.1, 0.15) is 31.9 Å². The molecule has 0 aliphatic carbocycles. The smallest absolute Gasteiger partial charge is 0.308 e. The number of rotatable bonds is 5. The molecule has 0 spiro atoms. The molecule has 0 aromatic carbocycles. The second-order valence-electron chi connectivity index (χ2n) is 5.87. The van der Waals surface area contributed by atoms with E-state index in [1.54, 1.807) is 17.7 Å². The summed E-state index contributed by atoms with van der Waals surface area (Å²) < 4.78 is 2.67. The SMILES string of the molecule is CCCN1CCC(NCc2cc(=O)n(C)c(=O)n2C)CC1. The summed E-state index contributed by atoms with van der Waals surface area (Å²) in [5, 5.41) is 3.48. The molecule has 0 atom stereocenters. The lowest BCUT2D eigenvalue weighted by atomic mass is 10.0. The van der Waals surface area contributed by atoms with Gasteiger partial charge < -0.3 is 10.2 Å². The molecule has 1 aromatic rings. The molecule has 0 amide bonds. The molecule has 1 saturated heterocycles. The van der Waals surface area contributed by atoms with Gasteiger partial charge in [-0.15, -0.1) is 0 Å². The molecule has 0 bridgehead atoms. The van der Waals surface area contributed by atoms with E-state index >= 15 is 0 Å². The maximum Gasteiger partial charge on any atom is 0.330 e. The van der Waals surface area contributed by atoms with Crippen molar-refractivity contribution in [1.82, 2.24) is 19.4 Å². The molecule has 2 heterocycles. The highest BCUT2D eigenvalue weighted by Crippen LogP contribution is 2.11. The van der Waals surface area contributed by atoms with E-state index in [2.05, 4.69) is 17.1 Å². The molecule has 1 aromatic heterocycles. The minimum absolute atomic E-state index is 0.243. The van der Waals surface area contributed by atoms with Crippen LogP contribution in [0.2, 0.25) is 0 Å². The second kappa shape index (κ2) is 7.04. The van der Waals surface area contributed by atoms with E-state index in [-0.39, 0.29) is 11.2 Å². The third-order valence-corrected chi connectivity index (χ3v) is 4.32. The van der Waals surface area contributed by atoms with Gasteiger partial charge in [0.15, 0.2) is 0 Å². The van der Waals surface area contributed by atoms with Crippen molar-refractivity contribution < 1.29 is 0 Å². The van der Waals surface area contributed by atoms with E-state index in [0.717, 1.165) is 36.2 Å². The molecular formula is C15H26N4O2. The van der Waals surface area contributed by atoms with Crippen molar-refractivity contribution in [2.24, 2.45) is 14.1 Å². The fourth-order valence-corrected chi connectivity index (χ4v) is 2.87. The van der Waals surface area contributed by atoms with Crippen LogP contribution in [0, 0.1) is 0 Å². The summed E-state index contributed by atoms with van der Waals surface area (Å²) in [6.45, 7) is 6.21. The van der Waals surface area contributed by atoms with Crippen molar-refractivity contribution in [2.45, 2.75) is 38.8 Å². The highest BCUT2D eigenvalue weighted by molar-refractivity contribution is 5.02. The Balaban J connectivity index is 1.93. The summed E-state index contributed by atoms with van der Waals surface area (Å²) in [5.74, 6) is 0. The zero-order chi connectivity index (χ0) is 15.4. The van der Waals surface area contributed by atoms with Gasteiger partial charge in [-0.1, -0.05) is 6.92 Å². The standard InChI is InChI=1S/C15H26N4O2/c1-4-7-19-8-5-12(6-9-19)16-11-13-10-14(20)18(3)15(21)17(13)2/h10,12,16H,4-9,11H2,1-3H3. The predicted molar refractivity (Wildman–Crippen MR) is 83.5 cm³/mol.